The standard InChI is InChI=1S/C17H17ClN2O2/c18-13-6-8-14(9-7-13)22-12-17-19-15-4-1-2-5-16(15)20(17)10-3-11-21/h1-2,4-9,21H,3,10-12H2. The molecule has 0 aliphatic rings. The molecule has 0 unspecified atom stereocenters. The molecule has 0 fully saturated rings. The van der Waals surface area contributed by atoms with Crippen LogP contribution in [0.15, 0.2) is 48.5 Å². The second-order valence-electron chi connectivity index (χ2n) is 4.99. The zero-order valence-electron chi connectivity index (χ0n) is 12.1. The van der Waals surface area contributed by atoms with Gasteiger partial charge in [-0.1, -0.05) is 23.7 Å². The number of benzene rings is 2. The first-order chi connectivity index (χ1) is 10.8. The summed E-state index contributed by atoms with van der Waals surface area (Å²) in [5, 5.41) is 9.77. The number of halogens is 1. The van der Waals surface area contributed by atoms with Gasteiger partial charge < -0.3 is 14.4 Å². The Kier molecular flexibility index (Phi) is 4.61. The largest absolute Gasteiger partial charge is 0.486 e. The Morgan fingerprint density at radius 1 is 1.09 bits per heavy atom. The van der Waals surface area contributed by atoms with E-state index in [2.05, 4.69) is 9.55 Å². The van der Waals surface area contributed by atoms with Gasteiger partial charge >= 0.3 is 0 Å². The van der Waals surface area contributed by atoms with Crippen molar-refractivity contribution in [1.29, 1.82) is 0 Å². The summed E-state index contributed by atoms with van der Waals surface area (Å²) in [7, 11) is 0. The SMILES string of the molecule is OCCCn1c(COc2ccc(Cl)cc2)nc2ccccc21. The Morgan fingerprint density at radius 2 is 1.86 bits per heavy atom. The summed E-state index contributed by atoms with van der Waals surface area (Å²) >= 11 is 5.87. The van der Waals surface area contributed by atoms with E-state index in [4.69, 9.17) is 21.4 Å². The van der Waals surface area contributed by atoms with Crippen LogP contribution >= 0.6 is 11.6 Å². The number of hydrogen-bond donors (Lipinski definition) is 1. The molecular formula is C17H17ClN2O2. The van der Waals surface area contributed by atoms with Gasteiger partial charge in [0.1, 0.15) is 18.2 Å². The van der Waals surface area contributed by atoms with Gasteiger partial charge in [0.25, 0.3) is 0 Å². The zero-order chi connectivity index (χ0) is 15.4. The molecule has 0 radical (unpaired) electrons. The minimum absolute atomic E-state index is 0.157. The van der Waals surface area contributed by atoms with Crippen LogP contribution in [0.5, 0.6) is 5.75 Å². The average Bonchev–Trinajstić information content (AvgIpc) is 2.90. The first-order valence-corrected chi connectivity index (χ1v) is 7.59. The third-order valence-corrected chi connectivity index (χ3v) is 3.71. The Bertz CT molecular complexity index is 753. The smallest absolute Gasteiger partial charge is 0.147 e. The number of para-hydroxylation sites is 2. The van der Waals surface area contributed by atoms with Crippen LogP contribution in [0.2, 0.25) is 5.02 Å². The van der Waals surface area contributed by atoms with Crippen molar-refractivity contribution in [3.8, 4) is 5.75 Å². The molecule has 3 aromatic rings. The summed E-state index contributed by atoms with van der Waals surface area (Å²) in [5.41, 5.74) is 2.00. The van der Waals surface area contributed by atoms with E-state index in [-0.39, 0.29) is 6.61 Å². The molecule has 114 valence electrons. The highest BCUT2D eigenvalue weighted by Gasteiger charge is 2.10. The highest BCUT2D eigenvalue weighted by atomic mass is 35.5. The molecule has 3 rings (SSSR count). The topological polar surface area (TPSA) is 47.3 Å². The van der Waals surface area contributed by atoms with Crippen molar-refractivity contribution in [2.75, 3.05) is 6.61 Å². The number of ether oxygens (including phenoxy) is 1. The van der Waals surface area contributed by atoms with E-state index in [1.54, 1.807) is 12.1 Å². The van der Waals surface area contributed by atoms with Crippen LogP contribution in [0.3, 0.4) is 0 Å². The van der Waals surface area contributed by atoms with Crippen LogP contribution in [0.1, 0.15) is 12.2 Å². The number of aromatic nitrogens is 2. The number of aliphatic hydroxyl groups excluding tert-OH is 1. The molecule has 0 aliphatic carbocycles. The minimum atomic E-state index is 0.157. The molecule has 22 heavy (non-hydrogen) atoms. The Balaban J connectivity index is 1.83. The first-order valence-electron chi connectivity index (χ1n) is 7.21. The van der Waals surface area contributed by atoms with Gasteiger partial charge in [-0.3, -0.25) is 0 Å². The third kappa shape index (κ3) is 3.24. The monoisotopic (exact) mass is 316 g/mol. The summed E-state index contributed by atoms with van der Waals surface area (Å²) in [6.45, 7) is 1.25. The van der Waals surface area contributed by atoms with Crippen molar-refractivity contribution in [3.05, 3.63) is 59.4 Å². The van der Waals surface area contributed by atoms with E-state index in [0.717, 1.165) is 29.2 Å². The number of aliphatic hydroxyl groups is 1. The third-order valence-electron chi connectivity index (χ3n) is 3.46. The maximum absolute atomic E-state index is 9.08. The van der Waals surface area contributed by atoms with Crippen LogP contribution in [0.4, 0.5) is 0 Å². The molecule has 0 saturated heterocycles. The van der Waals surface area contributed by atoms with Crippen LogP contribution in [0, 0.1) is 0 Å². The average molecular weight is 317 g/mol. The van der Waals surface area contributed by atoms with Crippen molar-refractivity contribution in [1.82, 2.24) is 9.55 Å². The molecule has 4 nitrogen and oxygen atoms in total. The molecule has 0 saturated carbocycles. The summed E-state index contributed by atoms with van der Waals surface area (Å²) in [5.74, 6) is 1.61. The van der Waals surface area contributed by atoms with Gasteiger partial charge in [-0.15, -0.1) is 0 Å². The minimum Gasteiger partial charge on any atom is -0.486 e. The van der Waals surface area contributed by atoms with Gasteiger partial charge in [0.05, 0.1) is 11.0 Å². The van der Waals surface area contributed by atoms with Crippen molar-refractivity contribution in [3.63, 3.8) is 0 Å². The van der Waals surface area contributed by atoms with E-state index in [9.17, 15) is 0 Å². The molecule has 0 bridgehead atoms. The zero-order valence-corrected chi connectivity index (χ0v) is 12.8. The molecule has 2 aromatic carbocycles. The lowest BCUT2D eigenvalue weighted by Crippen LogP contribution is -2.08. The highest BCUT2D eigenvalue weighted by molar-refractivity contribution is 6.30. The van der Waals surface area contributed by atoms with E-state index in [1.165, 1.54) is 0 Å². The van der Waals surface area contributed by atoms with Crippen molar-refractivity contribution >= 4 is 22.6 Å². The van der Waals surface area contributed by atoms with E-state index < -0.39 is 0 Å². The fraction of sp³-hybridized carbons (Fsp3) is 0.235. The van der Waals surface area contributed by atoms with Gasteiger partial charge in [-0.25, -0.2) is 4.98 Å². The van der Waals surface area contributed by atoms with Gasteiger partial charge in [-0.2, -0.15) is 0 Å². The summed E-state index contributed by atoms with van der Waals surface area (Å²) in [6.07, 6.45) is 0.689. The predicted octanol–water partition coefficient (Wildman–Crippen LogP) is 3.65. The van der Waals surface area contributed by atoms with Gasteiger partial charge in [0.15, 0.2) is 0 Å². The molecule has 1 N–H and O–H groups in total. The molecule has 5 heteroatoms. The Hall–Kier alpha value is -2.04. The molecule has 0 spiro atoms. The number of imidazole rings is 1. The molecule has 1 aromatic heterocycles. The number of rotatable bonds is 6. The lowest BCUT2D eigenvalue weighted by Gasteiger charge is -2.10. The lowest BCUT2D eigenvalue weighted by atomic mass is 10.3. The van der Waals surface area contributed by atoms with Gasteiger partial charge in [0.2, 0.25) is 0 Å². The summed E-state index contributed by atoms with van der Waals surface area (Å²) in [4.78, 5) is 4.63. The highest BCUT2D eigenvalue weighted by Crippen LogP contribution is 2.20. The predicted molar refractivity (Wildman–Crippen MR) is 87.2 cm³/mol. The fourth-order valence-electron chi connectivity index (χ4n) is 2.39. The maximum Gasteiger partial charge on any atom is 0.147 e. The van der Waals surface area contributed by atoms with Crippen molar-refractivity contribution in [2.45, 2.75) is 19.6 Å². The van der Waals surface area contributed by atoms with E-state index >= 15 is 0 Å². The molecule has 0 atom stereocenters. The van der Waals surface area contributed by atoms with Gasteiger partial charge in [-0.05, 0) is 42.8 Å². The summed E-state index contributed by atoms with van der Waals surface area (Å²) < 4.78 is 7.89. The van der Waals surface area contributed by atoms with E-state index in [1.807, 2.05) is 36.4 Å². The van der Waals surface area contributed by atoms with Crippen LogP contribution in [0.25, 0.3) is 11.0 Å². The second-order valence-corrected chi connectivity index (χ2v) is 5.42. The molecular weight excluding hydrogens is 300 g/mol. The van der Waals surface area contributed by atoms with Gasteiger partial charge in [0, 0.05) is 18.2 Å². The number of hydrogen-bond acceptors (Lipinski definition) is 3. The lowest BCUT2D eigenvalue weighted by molar-refractivity contribution is 0.269. The van der Waals surface area contributed by atoms with Crippen LogP contribution in [-0.2, 0) is 13.2 Å². The number of fused-ring (bicyclic) bond motifs is 1. The van der Waals surface area contributed by atoms with E-state index in [0.29, 0.717) is 18.1 Å². The quantitative estimate of drug-likeness (QED) is 0.755. The Labute approximate surface area is 133 Å². The first kappa shape index (κ1) is 14.9. The maximum atomic E-state index is 9.08. The summed E-state index contributed by atoms with van der Waals surface area (Å²) in [6, 6.07) is 15.2. The van der Waals surface area contributed by atoms with Crippen molar-refractivity contribution in [2.24, 2.45) is 0 Å². The molecule has 0 amide bonds. The second kappa shape index (κ2) is 6.81. The Morgan fingerprint density at radius 3 is 2.64 bits per heavy atom. The number of aryl methyl sites for hydroxylation is 1. The molecule has 1 heterocycles. The molecule has 0 aliphatic heterocycles. The number of nitrogens with zero attached hydrogens (tertiary/aromatic N) is 2. The normalized spacial score (nSPS) is 11.0. The van der Waals surface area contributed by atoms with Crippen LogP contribution < -0.4 is 4.74 Å². The van der Waals surface area contributed by atoms with Crippen LogP contribution in [-0.4, -0.2) is 21.3 Å². The van der Waals surface area contributed by atoms with Crippen molar-refractivity contribution < 1.29 is 9.84 Å². The fourth-order valence-corrected chi connectivity index (χ4v) is 2.52.